The number of nitrogens with zero attached hydrogens (tertiary/aromatic N) is 4. The maximum Gasteiger partial charge on any atom is 0.393 e. The first-order valence-corrected chi connectivity index (χ1v) is 7.88. The molecule has 6 N–H and O–H groups in total. The number of benzene rings is 1. The number of alkyl halides is 3. The van der Waals surface area contributed by atoms with Gasteiger partial charge in [0.1, 0.15) is 29.3 Å². The van der Waals surface area contributed by atoms with Gasteiger partial charge in [0, 0.05) is 5.56 Å². The Balaban J connectivity index is 2.17. The van der Waals surface area contributed by atoms with Crippen molar-refractivity contribution in [1.82, 2.24) is 10.3 Å². The van der Waals surface area contributed by atoms with Gasteiger partial charge in [-0.3, -0.25) is 5.32 Å². The lowest BCUT2D eigenvalue weighted by atomic mass is 9.93. The number of pyridine rings is 1. The number of hydrogen-bond acceptors (Lipinski definition) is 8. The first-order chi connectivity index (χ1) is 13.2. The van der Waals surface area contributed by atoms with Gasteiger partial charge in [-0.25, -0.2) is 9.98 Å². The lowest BCUT2D eigenvalue weighted by Crippen LogP contribution is -2.32. The largest absolute Gasteiger partial charge is 0.397 e. The molecule has 11 heteroatoms. The third kappa shape index (κ3) is 3.59. The van der Waals surface area contributed by atoms with Crippen molar-refractivity contribution < 1.29 is 13.2 Å². The number of aromatic nitrogens is 1. The lowest BCUT2D eigenvalue weighted by Gasteiger charge is -2.26. The van der Waals surface area contributed by atoms with Crippen LogP contribution in [0.4, 0.5) is 30.5 Å². The van der Waals surface area contributed by atoms with Crippen LogP contribution in [0, 0.1) is 22.8 Å². The summed E-state index contributed by atoms with van der Waals surface area (Å²) in [5.41, 5.74) is 12.5. The summed E-state index contributed by atoms with van der Waals surface area (Å²) >= 11 is 0. The number of anilines is 3. The molecular formula is C17H13F3N8. The van der Waals surface area contributed by atoms with Crippen LogP contribution in [-0.4, -0.2) is 17.1 Å². The zero-order valence-electron chi connectivity index (χ0n) is 14.2. The Morgan fingerprint density at radius 1 is 1.25 bits per heavy atom. The van der Waals surface area contributed by atoms with Gasteiger partial charge in [-0.05, 0) is 11.1 Å². The molecule has 0 bridgehead atoms. The van der Waals surface area contributed by atoms with Crippen molar-refractivity contribution in [3.63, 3.8) is 0 Å². The summed E-state index contributed by atoms with van der Waals surface area (Å²) in [7, 11) is 0. The maximum absolute atomic E-state index is 12.8. The number of guanidine groups is 1. The fraction of sp³-hybridized carbons (Fsp3) is 0.176. The van der Waals surface area contributed by atoms with Crippen molar-refractivity contribution >= 4 is 23.3 Å². The van der Waals surface area contributed by atoms with E-state index in [4.69, 9.17) is 16.7 Å². The van der Waals surface area contributed by atoms with E-state index < -0.39 is 18.6 Å². The van der Waals surface area contributed by atoms with Gasteiger partial charge in [-0.1, -0.05) is 24.3 Å². The van der Waals surface area contributed by atoms with Crippen molar-refractivity contribution in [1.29, 1.82) is 10.5 Å². The van der Waals surface area contributed by atoms with E-state index in [-0.39, 0.29) is 34.4 Å². The number of nitrogens with one attached hydrogen (secondary N) is 2. The zero-order chi connectivity index (χ0) is 20.5. The van der Waals surface area contributed by atoms with E-state index in [9.17, 15) is 18.4 Å². The Labute approximate surface area is 157 Å². The van der Waals surface area contributed by atoms with E-state index >= 15 is 0 Å². The topological polar surface area (TPSA) is 149 Å². The number of nitrogens with two attached hydrogens (primary N) is 2. The van der Waals surface area contributed by atoms with Gasteiger partial charge in [0.05, 0.1) is 12.1 Å². The Bertz CT molecular complexity index is 1050. The van der Waals surface area contributed by atoms with Crippen molar-refractivity contribution in [3.05, 3.63) is 46.5 Å². The molecule has 142 valence electrons. The van der Waals surface area contributed by atoms with Crippen molar-refractivity contribution in [2.75, 3.05) is 16.8 Å². The second-order valence-corrected chi connectivity index (χ2v) is 5.94. The Kier molecular flexibility index (Phi) is 4.67. The van der Waals surface area contributed by atoms with Crippen LogP contribution < -0.4 is 22.1 Å². The molecule has 0 spiro atoms. The highest BCUT2D eigenvalue weighted by molar-refractivity contribution is 5.98. The first-order valence-electron chi connectivity index (χ1n) is 7.88. The van der Waals surface area contributed by atoms with Crippen LogP contribution in [0.1, 0.15) is 28.3 Å². The fourth-order valence-electron chi connectivity index (χ4n) is 2.93. The number of fused-ring (bicyclic) bond motifs is 1. The number of aliphatic imine (C=N–C) groups is 1. The predicted molar refractivity (Wildman–Crippen MR) is 95.6 cm³/mol. The molecule has 2 heterocycles. The van der Waals surface area contributed by atoms with E-state index in [2.05, 4.69) is 20.6 Å². The summed E-state index contributed by atoms with van der Waals surface area (Å²) in [5.74, 6) is 0.0687. The van der Waals surface area contributed by atoms with Crippen molar-refractivity contribution in [2.24, 2.45) is 4.99 Å². The van der Waals surface area contributed by atoms with Crippen LogP contribution >= 0.6 is 0 Å². The molecule has 1 unspecified atom stereocenters. The summed E-state index contributed by atoms with van der Waals surface area (Å²) in [5, 5.41) is 23.2. The number of nitrogen functional groups attached to an aromatic ring is 2. The van der Waals surface area contributed by atoms with Crippen LogP contribution in [0.2, 0.25) is 0 Å². The standard InChI is InChI=1S/C17H13F3N8/c18-17(19,20)5-8-2-1-3-9(4-8)13-11-12(23)10(6-21)14(24)27-15(11)28-16(26-13)25-7-22/h1-4,13H,5H2,(H6,23,24,25,26,27,28). The SMILES string of the molecule is N#CNC1=NC(c2cccc(CC(F)(F)F)c2)c2c(nc(N)c(C#N)c2N)N1. The van der Waals surface area contributed by atoms with Crippen LogP contribution in [0.25, 0.3) is 0 Å². The third-order valence-electron chi connectivity index (χ3n) is 4.03. The minimum absolute atomic E-state index is 0.0171. The van der Waals surface area contributed by atoms with Crippen LogP contribution in [0.3, 0.4) is 0 Å². The van der Waals surface area contributed by atoms with Crippen LogP contribution in [0.5, 0.6) is 0 Å². The van der Waals surface area contributed by atoms with Gasteiger partial charge in [-0.2, -0.15) is 23.7 Å². The molecule has 3 rings (SSSR count). The lowest BCUT2D eigenvalue weighted by molar-refractivity contribution is -0.127. The summed E-state index contributed by atoms with van der Waals surface area (Å²) in [6, 6.07) is 6.72. The van der Waals surface area contributed by atoms with E-state index in [1.807, 2.05) is 6.07 Å². The van der Waals surface area contributed by atoms with Crippen LogP contribution in [0.15, 0.2) is 29.3 Å². The van der Waals surface area contributed by atoms with Gasteiger partial charge < -0.3 is 16.8 Å². The highest BCUT2D eigenvalue weighted by atomic mass is 19.4. The average Bonchev–Trinajstić information content (AvgIpc) is 2.60. The molecule has 1 aromatic heterocycles. The number of hydrogen-bond donors (Lipinski definition) is 4. The monoisotopic (exact) mass is 386 g/mol. The highest BCUT2D eigenvalue weighted by Crippen LogP contribution is 2.40. The van der Waals surface area contributed by atoms with Crippen LogP contribution in [-0.2, 0) is 6.42 Å². The summed E-state index contributed by atoms with van der Waals surface area (Å²) in [6.45, 7) is 0. The van der Waals surface area contributed by atoms with E-state index in [1.165, 1.54) is 18.2 Å². The summed E-state index contributed by atoms with van der Waals surface area (Å²) in [6.07, 6.45) is -3.78. The van der Waals surface area contributed by atoms with Gasteiger partial charge in [0.2, 0.25) is 5.96 Å². The van der Waals surface area contributed by atoms with E-state index in [0.29, 0.717) is 11.1 Å². The van der Waals surface area contributed by atoms with E-state index in [0.717, 1.165) is 0 Å². The Morgan fingerprint density at radius 3 is 2.64 bits per heavy atom. The molecule has 0 amide bonds. The van der Waals surface area contributed by atoms with E-state index in [1.54, 1.807) is 12.3 Å². The van der Waals surface area contributed by atoms with Gasteiger partial charge >= 0.3 is 6.18 Å². The molecule has 0 saturated carbocycles. The number of rotatable bonds is 2. The molecule has 0 saturated heterocycles. The molecule has 2 aromatic rings. The van der Waals surface area contributed by atoms with Crippen molar-refractivity contribution in [3.8, 4) is 12.3 Å². The molecule has 1 aliphatic heterocycles. The minimum atomic E-state index is -4.37. The molecule has 0 fully saturated rings. The van der Waals surface area contributed by atoms with Gasteiger partial charge in [0.25, 0.3) is 0 Å². The number of halogens is 3. The minimum Gasteiger partial charge on any atom is -0.397 e. The number of nitriles is 2. The highest BCUT2D eigenvalue weighted by Gasteiger charge is 2.31. The van der Waals surface area contributed by atoms with Gasteiger partial charge in [-0.15, -0.1) is 0 Å². The van der Waals surface area contributed by atoms with Gasteiger partial charge in [0.15, 0.2) is 6.19 Å². The molecule has 0 radical (unpaired) electrons. The molecule has 1 atom stereocenters. The molecule has 1 aliphatic rings. The second-order valence-electron chi connectivity index (χ2n) is 5.94. The second kappa shape index (κ2) is 6.96. The molecule has 8 nitrogen and oxygen atoms in total. The van der Waals surface area contributed by atoms with Crippen molar-refractivity contribution in [2.45, 2.75) is 18.6 Å². The predicted octanol–water partition coefficient (Wildman–Crippen LogP) is 2.16. The molecule has 28 heavy (non-hydrogen) atoms. The summed E-state index contributed by atoms with van der Waals surface area (Å²) < 4.78 is 38.3. The first kappa shape index (κ1) is 18.8. The maximum atomic E-state index is 12.8. The zero-order valence-corrected chi connectivity index (χ0v) is 14.2. The Hall–Kier alpha value is -3.99. The normalized spacial score (nSPS) is 15.5. The summed E-state index contributed by atoms with van der Waals surface area (Å²) in [4.78, 5) is 8.40. The molecule has 0 aliphatic carbocycles. The molecular weight excluding hydrogens is 373 g/mol. The third-order valence-corrected chi connectivity index (χ3v) is 4.03. The quantitative estimate of drug-likeness (QED) is 0.456. The average molecular weight is 386 g/mol. The Morgan fingerprint density at radius 2 is 2.00 bits per heavy atom. The fourth-order valence-corrected chi connectivity index (χ4v) is 2.93. The smallest absolute Gasteiger partial charge is 0.393 e. The molecule has 1 aromatic carbocycles.